The largest absolute Gasteiger partial charge is 1.00 e. The Morgan fingerprint density at radius 1 is 0.446 bits per heavy atom. The Morgan fingerprint density at radius 3 is 0.839 bits per heavy atom. The van der Waals surface area contributed by atoms with E-state index in [0.717, 1.165) is 55.6 Å². The van der Waals surface area contributed by atoms with Gasteiger partial charge in [0.15, 0.2) is 0 Å². The van der Waals surface area contributed by atoms with Crippen LogP contribution >= 0.6 is 0 Å². The second kappa shape index (κ2) is 72.9. The number of rotatable bonds is 2. The third-order valence-corrected chi connectivity index (χ3v) is 9.31. The molecular weight excluding hydrogens is 739 g/mol. The van der Waals surface area contributed by atoms with E-state index in [1.165, 1.54) is 96.3 Å². The third kappa shape index (κ3) is 72.0. The molecule has 56 heavy (non-hydrogen) atoms. The molecule has 14 nitrogen and oxygen atoms in total. The van der Waals surface area contributed by atoms with Crippen molar-refractivity contribution in [1.29, 1.82) is 0 Å². The Labute approximate surface area is 357 Å². The zero-order valence-corrected chi connectivity index (χ0v) is 37.7. The first-order chi connectivity index (χ1) is 26.4. The molecule has 0 amide bonds. The average molecular weight is 809 g/mol. The number of carbonyl (C=O) groups excluding carboxylic acids is 12. The Balaban J connectivity index is -0.0000000642. The van der Waals surface area contributed by atoms with Gasteiger partial charge < -0.3 is 10.2 Å². The van der Waals surface area contributed by atoms with E-state index in [1.807, 2.05) is 0 Å². The second-order valence-corrected chi connectivity index (χ2v) is 12.6. The first-order valence-corrected chi connectivity index (χ1v) is 18.5. The van der Waals surface area contributed by atoms with Crippen molar-refractivity contribution in [2.24, 2.45) is 41.4 Å². The van der Waals surface area contributed by atoms with Crippen molar-refractivity contribution in [2.45, 2.75) is 145 Å². The van der Waals surface area contributed by atoms with Gasteiger partial charge in [0.05, 0.1) is 0 Å². The summed E-state index contributed by atoms with van der Waals surface area (Å²) in [5, 5.41) is 15.2. The molecule has 2 fully saturated rings. The fraction of sp³-hybridized carbons (Fsp3) is 0.756. The minimum absolute atomic E-state index is 0. The molecule has 318 valence electrons. The van der Waals surface area contributed by atoms with Crippen molar-refractivity contribution in [1.82, 2.24) is 0 Å². The average Bonchev–Trinajstić information content (AvgIpc) is 3.18. The summed E-state index contributed by atoms with van der Waals surface area (Å²) in [7, 11) is 1.75. The normalized spacial score (nSPS) is 22.1. The Hall–Kier alpha value is -3.32. The van der Waals surface area contributed by atoms with Crippen molar-refractivity contribution in [2.75, 3.05) is 14.2 Å². The standard InChI is InChI=1S/2C9H18.C8H14.C7H12.6CO2.CH4O.CH3O.Na/c2*1-3-9-7-5-4-6-8(9)2;1-7-5-3-4-6-8(7)2;1-7-5-3-2-4-6-7;6*2-1-3;2*1-2;/h2*8-9H,3-7H2,1-2H3;3-4,7-8H,5-6H2,1-2H3;2-3,7H,4-6H2,1H3;;;;;;;2H,1H3;1H3;/q;;;;;;;;;;;-1;+1/t8-,9+;8-,9-;7-,8+;7-;;;;;;;;;/m10.0........./s1. The quantitative estimate of drug-likeness (QED) is 0.310. The number of allylic oxidation sites excluding steroid dienone is 4. The number of aliphatic hydroxyl groups is 1. The van der Waals surface area contributed by atoms with E-state index in [4.69, 9.17) is 67.7 Å². The van der Waals surface area contributed by atoms with Crippen molar-refractivity contribution >= 4 is 36.9 Å². The first kappa shape index (κ1) is 73.7. The minimum atomic E-state index is 0. The fourth-order valence-electron chi connectivity index (χ4n) is 6.03. The van der Waals surface area contributed by atoms with Crippen LogP contribution in [-0.4, -0.2) is 56.2 Å². The van der Waals surface area contributed by atoms with Crippen LogP contribution in [0.1, 0.15) is 145 Å². The summed E-state index contributed by atoms with van der Waals surface area (Å²) in [5.74, 6) is 6.93. The molecule has 4 rings (SSSR count). The van der Waals surface area contributed by atoms with Gasteiger partial charge in [-0.2, -0.15) is 64.6 Å². The van der Waals surface area contributed by atoms with Crippen LogP contribution in [0.2, 0.25) is 0 Å². The third-order valence-electron chi connectivity index (χ3n) is 9.31. The summed E-state index contributed by atoms with van der Waals surface area (Å²) >= 11 is 0. The smallest absolute Gasteiger partial charge is 0.857 e. The van der Waals surface area contributed by atoms with Gasteiger partial charge in [-0.15, -0.1) is 0 Å². The van der Waals surface area contributed by atoms with Gasteiger partial charge in [-0.05, 0) is 73.5 Å². The van der Waals surface area contributed by atoms with Crippen LogP contribution in [0.25, 0.3) is 0 Å². The van der Waals surface area contributed by atoms with Gasteiger partial charge in [0.25, 0.3) is 0 Å². The maximum Gasteiger partial charge on any atom is 1.00 e. The molecule has 0 saturated heterocycles. The number of hydrogen-bond acceptors (Lipinski definition) is 14. The molecule has 15 heteroatoms. The molecule has 1 N–H and O–H groups in total. The van der Waals surface area contributed by atoms with Crippen LogP contribution < -0.4 is 34.7 Å². The van der Waals surface area contributed by atoms with Crippen LogP contribution in [0.4, 0.5) is 0 Å². The number of aliphatic hydroxyl groups excluding tert-OH is 1. The Kier molecular flexibility index (Phi) is 96.0. The van der Waals surface area contributed by atoms with Crippen molar-refractivity contribution in [3.8, 4) is 0 Å². The van der Waals surface area contributed by atoms with Gasteiger partial charge in [0, 0.05) is 7.11 Å². The summed E-state index contributed by atoms with van der Waals surface area (Å²) in [6, 6.07) is 0. The molecule has 0 aromatic heterocycles. The summed E-state index contributed by atoms with van der Waals surface area (Å²) in [4.78, 5) is 97.5. The summed E-state index contributed by atoms with van der Waals surface area (Å²) in [6.07, 6.45) is 32.0. The summed E-state index contributed by atoms with van der Waals surface area (Å²) in [6.45, 7) is 16.4. The van der Waals surface area contributed by atoms with E-state index in [1.54, 1.807) is 0 Å². The molecule has 0 aromatic carbocycles. The maximum absolute atomic E-state index is 8.25. The predicted octanol–water partition coefficient (Wildman–Crippen LogP) is 3.50. The van der Waals surface area contributed by atoms with Gasteiger partial charge in [-0.3, -0.25) is 0 Å². The van der Waals surface area contributed by atoms with Crippen LogP contribution in [0, 0.1) is 41.4 Å². The Bertz CT molecular complexity index is 900. The van der Waals surface area contributed by atoms with E-state index in [0.29, 0.717) is 0 Å². The molecular formula is C41H69NaO14. The van der Waals surface area contributed by atoms with Gasteiger partial charge in [0.1, 0.15) is 0 Å². The maximum atomic E-state index is 8.25. The van der Waals surface area contributed by atoms with Gasteiger partial charge in [-0.25, -0.2) is 0 Å². The minimum Gasteiger partial charge on any atom is -0.857 e. The molecule has 4 aliphatic carbocycles. The van der Waals surface area contributed by atoms with Crippen molar-refractivity contribution in [3.63, 3.8) is 0 Å². The van der Waals surface area contributed by atoms with E-state index in [-0.39, 0.29) is 66.5 Å². The molecule has 4 aliphatic rings. The number of hydrogen-bond donors (Lipinski definition) is 1. The fourth-order valence-corrected chi connectivity index (χ4v) is 6.03. The van der Waals surface area contributed by atoms with Crippen LogP contribution in [0.3, 0.4) is 0 Å². The van der Waals surface area contributed by atoms with Crippen LogP contribution in [0.15, 0.2) is 24.3 Å². The topological polar surface area (TPSA) is 248 Å². The van der Waals surface area contributed by atoms with Crippen LogP contribution in [-0.2, 0) is 57.5 Å². The molecule has 0 aromatic rings. The molecule has 0 unspecified atom stereocenters. The molecule has 0 spiro atoms. The second-order valence-electron chi connectivity index (χ2n) is 12.6. The predicted molar refractivity (Wildman–Crippen MR) is 196 cm³/mol. The van der Waals surface area contributed by atoms with Crippen LogP contribution in [0.5, 0.6) is 0 Å². The van der Waals surface area contributed by atoms with E-state index in [2.05, 4.69) is 72.8 Å². The Morgan fingerprint density at radius 2 is 0.696 bits per heavy atom. The molecule has 0 heterocycles. The SMILES string of the molecule is CC[C@H]1CCCC[C@@H]1C.CC[C@H]1CCCC[C@H]1C.CO.C[C@@H]1CC=CC[C@@H]1C.C[C@H]1CC=CCC1.C[O-].O=C=O.O=C=O.O=C=O.O=C=O.O=C=O.O=C=O.[Na+]. The van der Waals surface area contributed by atoms with E-state index in [9.17, 15) is 0 Å². The monoisotopic (exact) mass is 808 g/mol. The zero-order valence-electron chi connectivity index (χ0n) is 35.7. The molecule has 7 atom stereocenters. The van der Waals surface area contributed by atoms with E-state index < -0.39 is 0 Å². The molecule has 2 saturated carbocycles. The molecule has 0 radical (unpaired) electrons. The summed E-state index contributed by atoms with van der Waals surface area (Å²) in [5.41, 5.74) is 0. The van der Waals surface area contributed by atoms with Crippen molar-refractivity contribution in [3.05, 3.63) is 24.3 Å². The van der Waals surface area contributed by atoms with E-state index >= 15 is 0 Å². The van der Waals surface area contributed by atoms with Gasteiger partial charge in [0.2, 0.25) is 0 Å². The van der Waals surface area contributed by atoms with Gasteiger partial charge >= 0.3 is 66.5 Å². The van der Waals surface area contributed by atoms with Gasteiger partial charge in [-0.1, -0.05) is 137 Å². The zero-order chi connectivity index (χ0) is 44.7. The molecule has 0 bridgehead atoms. The first-order valence-electron chi connectivity index (χ1n) is 18.5. The summed E-state index contributed by atoms with van der Waals surface area (Å²) < 4.78 is 0. The molecule has 0 aliphatic heterocycles. The van der Waals surface area contributed by atoms with Crippen molar-refractivity contribution < 1.29 is 97.3 Å².